The van der Waals surface area contributed by atoms with Crippen molar-refractivity contribution in [1.82, 2.24) is 4.31 Å². The van der Waals surface area contributed by atoms with Gasteiger partial charge in [0.2, 0.25) is 10.0 Å². The van der Waals surface area contributed by atoms with E-state index in [2.05, 4.69) is 0 Å². The summed E-state index contributed by atoms with van der Waals surface area (Å²) in [7, 11) is -3.38. The van der Waals surface area contributed by atoms with Gasteiger partial charge in [-0.1, -0.05) is 6.07 Å². The summed E-state index contributed by atoms with van der Waals surface area (Å²) in [5, 5.41) is 0. The molecular formula is C15H22N2O2S. The number of hydrogen-bond donors (Lipinski definition) is 1. The van der Waals surface area contributed by atoms with Gasteiger partial charge in [0, 0.05) is 19.1 Å². The van der Waals surface area contributed by atoms with E-state index in [4.69, 9.17) is 5.73 Å². The third kappa shape index (κ3) is 2.08. The van der Waals surface area contributed by atoms with E-state index in [1.807, 2.05) is 19.9 Å². The molecule has 2 unspecified atom stereocenters. The van der Waals surface area contributed by atoms with Crippen molar-refractivity contribution in [2.45, 2.75) is 50.6 Å². The molecule has 1 heterocycles. The molecule has 2 N–H and O–H groups in total. The minimum Gasteiger partial charge on any atom is -0.326 e. The average molecular weight is 294 g/mol. The SMILES string of the molecule is Cc1cc(CN)cc(S(=O)(=O)N2CC3CCC2C3)c1C. The van der Waals surface area contributed by atoms with Gasteiger partial charge in [0.05, 0.1) is 4.90 Å². The monoisotopic (exact) mass is 294 g/mol. The standard InChI is InChI=1S/C15H22N2O2S/c1-10-5-13(8-16)7-15(11(10)2)20(18,19)17-9-12-3-4-14(17)6-12/h5,7,12,14H,3-4,6,8-9,16H2,1-2H3. The molecule has 0 radical (unpaired) electrons. The van der Waals surface area contributed by atoms with Gasteiger partial charge < -0.3 is 5.73 Å². The third-order valence-corrected chi connectivity index (χ3v) is 6.91. The molecule has 1 aliphatic carbocycles. The summed E-state index contributed by atoms with van der Waals surface area (Å²) in [5.41, 5.74) is 8.42. The fourth-order valence-electron chi connectivity index (χ4n) is 3.58. The zero-order valence-electron chi connectivity index (χ0n) is 12.1. The number of piperidine rings is 1. The first-order valence-corrected chi connectivity index (χ1v) is 8.69. The molecule has 3 rings (SSSR count). The summed E-state index contributed by atoms with van der Waals surface area (Å²) in [5.74, 6) is 0.564. The molecule has 2 aliphatic rings. The number of rotatable bonds is 3. The van der Waals surface area contributed by atoms with E-state index in [1.54, 1.807) is 10.4 Å². The molecule has 1 aliphatic heterocycles. The molecule has 5 heteroatoms. The van der Waals surface area contributed by atoms with Gasteiger partial charge in [-0.2, -0.15) is 4.31 Å². The normalized spacial score (nSPS) is 26.4. The smallest absolute Gasteiger partial charge is 0.243 e. The van der Waals surface area contributed by atoms with Crippen LogP contribution in [0.3, 0.4) is 0 Å². The lowest BCUT2D eigenvalue weighted by Gasteiger charge is -2.27. The molecule has 1 saturated heterocycles. The lowest BCUT2D eigenvalue weighted by molar-refractivity contribution is 0.333. The predicted molar refractivity (Wildman–Crippen MR) is 78.8 cm³/mol. The number of aryl methyl sites for hydroxylation is 1. The molecule has 20 heavy (non-hydrogen) atoms. The highest BCUT2D eigenvalue weighted by atomic mass is 32.2. The Morgan fingerprint density at radius 3 is 2.60 bits per heavy atom. The van der Waals surface area contributed by atoms with Gasteiger partial charge >= 0.3 is 0 Å². The number of nitrogens with two attached hydrogens (primary N) is 1. The summed E-state index contributed by atoms with van der Waals surface area (Å²) in [6.45, 7) is 4.90. The zero-order valence-corrected chi connectivity index (χ0v) is 12.9. The van der Waals surface area contributed by atoms with Crippen LogP contribution >= 0.6 is 0 Å². The van der Waals surface area contributed by atoms with E-state index < -0.39 is 10.0 Å². The maximum atomic E-state index is 13.0. The summed E-state index contributed by atoms with van der Waals surface area (Å²) in [6, 6.07) is 3.94. The van der Waals surface area contributed by atoms with Crippen molar-refractivity contribution in [2.24, 2.45) is 11.7 Å². The van der Waals surface area contributed by atoms with Crippen molar-refractivity contribution in [3.63, 3.8) is 0 Å². The van der Waals surface area contributed by atoms with Crippen molar-refractivity contribution in [3.05, 3.63) is 28.8 Å². The minimum absolute atomic E-state index is 0.214. The van der Waals surface area contributed by atoms with Crippen LogP contribution < -0.4 is 5.73 Å². The van der Waals surface area contributed by atoms with Crippen LogP contribution in [0, 0.1) is 19.8 Å². The van der Waals surface area contributed by atoms with E-state index in [-0.39, 0.29) is 6.04 Å². The van der Waals surface area contributed by atoms with Crippen molar-refractivity contribution in [3.8, 4) is 0 Å². The van der Waals surface area contributed by atoms with E-state index in [1.165, 1.54) is 6.42 Å². The Bertz CT molecular complexity index is 640. The highest BCUT2D eigenvalue weighted by molar-refractivity contribution is 7.89. The van der Waals surface area contributed by atoms with Crippen molar-refractivity contribution in [1.29, 1.82) is 0 Å². The number of benzene rings is 1. The van der Waals surface area contributed by atoms with E-state index in [9.17, 15) is 8.42 Å². The van der Waals surface area contributed by atoms with Crippen LogP contribution in [0.2, 0.25) is 0 Å². The van der Waals surface area contributed by atoms with Crippen molar-refractivity contribution < 1.29 is 8.42 Å². The Morgan fingerprint density at radius 1 is 1.30 bits per heavy atom. The molecule has 0 amide bonds. The Kier molecular flexibility index (Phi) is 3.39. The highest BCUT2D eigenvalue weighted by Gasteiger charge is 2.44. The van der Waals surface area contributed by atoms with Crippen molar-refractivity contribution in [2.75, 3.05) is 6.54 Å². The van der Waals surface area contributed by atoms with Gasteiger partial charge in [-0.15, -0.1) is 0 Å². The lowest BCUT2D eigenvalue weighted by atomic mass is 10.1. The molecule has 4 nitrogen and oxygen atoms in total. The molecule has 1 aromatic rings. The largest absolute Gasteiger partial charge is 0.326 e. The molecule has 0 spiro atoms. The summed E-state index contributed by atoms with van der Waals surface area (Å²) in [6.07, 6.45) is 3.23. The van der Waals surface area contributed by atoms with Crippen LogP contribution in [0.15, 0.2) is 17.0 Å². The quantitative estimate of drug-likeness (QED) is 0.926. The van der Waals surface area contributed by atoms with Crippen LogP contribution in [0.5, 0.6) is 0 Å². The molecule has 2 atom stereocenters. The third-order valence-electron chi connectivity index (χ3n) is 4.86. The fraction of sp³-hybridized carbons (Fsp3) is 0.600. The molecular weight excluding hydrogens is 272 g/mol. The Hall–Kier alpha value is -0.910. The summed E-state index contributed by atoms with van der Waals surface area (Å²) < 4.78 is 27.6. The second-order valence-electron chi connectivity index (χ2n) is 6.15. The van der Waals surface area contributed by atoms with Gasteiger partial charge in [0.25, 0.3) is 0 Å². The van der Waals surface area contributed by atoms with Crippen molar-refractivity contribution >= 4 is 10.0 Å². The predicted octanol–water partition coefficient (Wildman–Crippen LogP) is 1.94. The minimum atomic E-state index is -3.38. The van der Waals surface area contributed by atoms with Crippen LogP contribution in [0.1, 0.15) is 36.0 Å². The van der Waals surface area contributed by atoms with E-state index in [0.717, 1.165) is 29.5 Å². The van der Waals surface area contributed by atoms with Gasteiger partial charge in [0.15, 0.2) is 0 Å². The van der Waals surface area contributed by atoms with E-state index in [0.29, 0.717) is 23.9 Å². The molecule has 2 fully saturated rings. The first kappa shape index (κ1) is 14.0. The number of hydrogen-bond acceptors (Lipinski definition) is 3. The summed E-state index contributed by atoms with van der Waals surface area (Å²) in [4.78, 5) is 0.450. The zero-order chi connectivity index (χ0) is 14.5. The van der Waals surface area contributed by atoms with Crippen LogP contribution in [0.4, 0.5) is 0 Å². The summed E-state index contributed by atoms with van der Waals surface area (Å²) >= 11 is 0. The Labute approximate surface area is 121 Å². The van der Waals surface area contributed by atoms with Crippen LogP contribution in [-0.4, -0.2) is 25.3 Å². The lowest BCUT2D eigenvalue weighted by Crippen LogP contribution is -2.38. The van der Waals surface area contributed by atoms with Gasteiger partial charge in [-0.25, -0.2) is 8.42 Å². The highest BCUT2D eigenvalue weighted by Crippen LogP contribution is 2.41. The first-order valence-electron chi connectivity index (χ1n) is 7.25. The van der Waals surface area contributed by atoms with Gasteiger partial charge in [0.1, 0.15) is 0 Å². The van der Waals surface area contributed by atoms with Crippen LogP contribution in [-0.2, 0) is 16.6 Å². The fourth-order valence-corrected chi connectivity index (χ4v) is 5.68. The molecule has 0 aromatic heterocycles. The maximum Gasteiger partial charge on any atom is 0.243 e. The molecule has 110 valence electrons. The van der Waals surface area contributed by atoms with E-state index >= 15 is 0 Å². The Balaban J connectivity index is 2.05. The average Bonchev–Trinajstić information content (AvgIpc) is 3.04. The number of nitrogens with zero attached hydrogens (tertiary/aromatic N) is 1. The van der Waals surface area contributed by atoms with Crippen LogP contribution in [0.25, 0.3) is 0 Å². The molecule has 1 aromatic carbocycles. The second-order valence-corrected chi connectivity index (χ2v) is 8.01. The first-order chi connectivity index (χ1) is 9.43. The molecule has 2 bridgehead atoms. The molecule has 1 saturated carbocycles. The number of sulfonamides is 1. The Morgan fingerprint density at radius 2 is 2.05 bits per heavy atom. The van der Waals surface area contributed by atoms with Gasteiger partial charge in [-0.05, 0) is 61.8 Å². The van der Waals surface area contributed by atoms with Gasteiger partial charge in [-0.3, -0.25) is 0 Å². The topological polar surface area (TPSA) is 63.4 Å². The second kappa shape index (κ2) is 4.83. The maximum absolute atomic E-state index is 13.0. The number of fused-ring (bicyclic) bond motifs is 2.